The van der Waals surface area contributed by atoms with Crippen molar-refractivity contribution in [3.05, 3.63) is 90.3 Å². The number of amides is 2. The van der Waals surface area contributed by atoms with Crippen LogP contribution in [0.2, 0.25) is 0 Å². The summed E-state index contributed by atoms with van der Waals surface area (Å²) in [6.45, 7) is 1.47. The molecule has 2 amide bonds. The monoisotopic (exact) mass is 582 g/mol. The fraction of sp³-hybridized carbons (Fsp3) is 0.303. The number of carbonyl (C=O) groups is 2. The number of hydrogen-bond acceptors (Lipinski definition) is 7. The number of methoxy groups -OCH3 is 1. The van der Waals surface area contributed by atoms with E-state index in [-0.39, 0.29) is 37.2 Å². The molecule has 10 heteroatoms. The number of anilines is 1. The number of nitrogens with one attached hydrogen (secondary N) is 2. The van der Waals surface area contributed by atoms with Crippen molar-refractivity contribution in [2.45, 2.75) is 32.0 Å². The molecule has 3 aromatic carbocycles. The fourth-order valence-electron chi connectivity index (χ4n) is 5.40. The second-order valence-corrected chi connectivity index (χ2v) is 10.7. The van der Waals surface area contributed by atoms with Gasteiger partial charge in [-0.3, -0.25) is 9.89 Å². The maximum absolute atomic E-state index is 13.5. The van der Waals surface area contributed by atoms with Crippen LogP contribution < -0.4 is 19.5 Å². The van der Waals surface area contributed by atoms with Gasteiger partial charge in [0.05, 0.1) is 31.5 Å². The van der Waals surface area contributed by atoms with Gasteiger partial charge in [-0.05, 0) is 66.3 Å². The summed E-state index contributed by atoms with van der Waals surface area (Å²) in [5.74, 6) is 1.46. The van der Waals surface area contributed by atoms with E-state index in [0.29, 0.717) is 30.9 Å². The van der Waals surface area contributed by atoms with E-state index in [9.17, 15) is 9.59 Å². The quantitative estimate of drug-likeness (QED) is 0.284. The first kappa shape index (κ1) is 28.1. The van der Waals surface area contributed by atoms with Crippen molar-refractivity contribution >= 4 is 17.7 Å². The van der Waals surface area contributed by atoms with Crippen LogP contribution in [0.1, 0.15) is 24.0 Å². The highest BCUT2D eigenvalue weighted by Gasteiger charge is 2.29. The molecule has 0 aliphatic carbocycles. The summed E-state index contributed by atoms with van der Waals surface area (Å²) in [6.07, 6.45) is 4.96. The molecule has 2 aliphatic rings. The minimum Gasteiger partial charge on any atom is -0.497 e. The van der Waals surface area contributed by atoms with E-state index in [1.165, 1.54) is 0 Å². The summed E-state index contributed by atoms with van der Waals surface area (Å²) in [5, 5.41) is 9.96. The molecule has 1 saturated heterocycles. The summed E-state index contributed by atoms with van der Waals surface area (Å²) in [6, 6.07) is 20.9. The SMILES string of the molecule is COc1ccc2c(c1)C[C@H](C(=O)Nc1ccc(-c3cn[nH]c3)cc1O[C@H]1CCCN(C(=O)OCc3ccccc3)C1)CO2. The van der Waals surface area contributed by atoms with Gasteiger partial charge in [-0.1, -0.05) is 36.4 Å². The lowest BCUT2D eigenvalue weighted by molar-refractivity contribution is -0.121. The third-order valence-corrected chi connectivity index (χ3v) is 7.75. The second-order valence-electron chi connectivity index (χ2n) is 10.7. The lowest BCUT2D eigenvalue weighted by Gasteiger charge is -2.33. The number of fused-ring (bicyclic) bond motifs is 1. The van der Waals surface area contributed by atoms with E-state index in [4.69, 9.17) is 18.9 Å². The van der Waals surface area contributed by atoms with Gasteiger partial charge in [0.25, 0.3) is 0 Å². The Morgan fingerprint density at radius 3 is 2.79 bits per heavy atom. The summed E-state index contributed by atoms with van der Waals surface area (Å²) in [5.41, 5.74) is 4.20. The van der Waals surface area contributed by atoms with Gasteiger partial charge in [0.2, 0.25) is 5.91 Å². The largest absolute Gasteiger partial charge is 0.497 e. The van der Waals surface area contributed by atoms with Gasteiger partial charge in [0.15, 0.2) is 0 Å². The molecule has 1 aromatic heterocycles. The highest BCUT2D eigenvalue weighted by Crippen LogP contribution is 2.35. The van der Waals surface area contributed by atoms with E-state index in [2.05, 4.69) is 15.5 Å². The van der Waals surface area contributed by atoms with E-state index in [0.717, 1.165) is 46.6 Å². The number of H-pyrrole nitrogens is 1. The van der Waals surface area contributed by atoms with Gasteiger partial charge < -0.3 is 29.2 Å². The molecule has 10 nitrogen and oxygen atoms in total. The van der Waals surface area contributed by atoms with Gasteiger partial charge in [-0.2, -0.15) is 5.10 Å². The zero-order chi connectivity index (χ0) is 29.6. The molecule has 2 N–H and O–H groups in total. The molecule has 3 heterocycles. The van der Waals surface area contributed by atoms with Crippen LogP contribution in [0.5, 0.6) is 17.2 Å². The van der Waals surface area contributed by atoms with Crippen LogP contribution in [0.3, 0.4) is 0 Å². The second kappa shape index (κ2) is 12.9. The first-order valence-corrected chi connectivity index (χ1v) is 14.4. The van der Waals surface area contributed by atoms with Crippen LogP contribution in [-0.2, 0) is 22.6 Å². The number of hydrogen-bond donors (Lipinski definition) is 2. The Bertz CT molecular complexity index is 1560. The topological polar surface area (TPSA) is 115 Å². The Kier molecular flexibility index (Phi) is 8.44. The maximum Gasteiger partial charge on any atom is 0.410 e. The fourth-order valence-corrected chi connectivity index (χ4v) is 5.40. The molecule has 0 spiro atoms. The summed E-state index contributed by atoms with van der Waals surface area (Å²) < 4.78 is 23.3. The Morgan fingerprint density at radius 1 is 1.09 bits per heavy atom. The molecular weight excluding hydrogens is 548 g/mol. The Balaban J connectivity index is 1.16. The van der Waals surface area contributed by atoms with Crippen molar-refractivity contribution in [1.82, 2.24) is 15.1 Å². The number of benzene rings is 3. The van der Waals surface area contributed by atoms with Crippen molar-refractivity contribution in [2.24, 2.45) is 5.92 Å². The Hall–Kier alpha value is -4.99. The van der Waals surface area contributed by atoms with E-state index in [1.54, 1.807) is 24.4 Å². The van der Waals surface area contributed by atoms with E-state index >= 15 is 0 Å². The lowest BCUT2D eigenvalue weighted by atomic mass is 9.95. The van der Waals surface area contributed by atoms with Crippen LogP contribution in [0.4, 0.5) is 10.5 Å². The molecule has 0 saturated carbocycles. The van der Waals surface area contributed by atoms with Crippen molar-refractivity contribution in [2.75, 3.05) is 32.1 Å². The van der Waals surface area contributed by atoms with Crippen LogP contribution >= 0.6 is 0 Å². The third-order valence-electron chi connectivity index (χ3n) is 7.75. The van der Waals surface area contributed by atoms with Gasteiger partial charge >= 0.3 is 6.09 Å². The summed E-state index contributed by atoms with van der Waals surface area (Å²) in [7, 11) is 1.61. The Labute approximate surface area is 249 Å². The van der Waals surface area contributed by atoms with E-state index < -0.39 is 0 Å². The first-order chi connectivity index (χ1) is 21.1. The number of ether oxygens (including phenoxy) is 4. The van der Waals surface area contributed by atoms with Gasteiger partial charge in [0, 0.05) is 18.3 Å². The van der Waals surface area contributed by atoms with Gasteiger partial charge in [-0.15, -0.1) is 0 Å². The maximum atomic E-state index is 13.5. The summed E-state index contributed by atoms with van der Waals surface area (Å²) in [4.78, 5) is 28.0. The molecule has 1 fully saturated rings. The molecule has 0 unspecified atom stereocenters. The standard InChI is InChI=1S/C33H34N4O6/c1-40-27-10-12-30-24(15-27)14-25(21-41-30)32(38)36-29-11-9-23(26-17-34-35-18-26)16-31(29)43-28-8-5-13-37(19-28)33(39)42-20-22-6-3-2-4-7-22/h2-4,6-7,9-12,15-18,25,28H,5,8,13-14,19-21H2,1H3,(H,34,35)(H,36,38)/t25-,28-/m0/s1. The van der Waals surface area contributed by atoms with Gasteiger partial charge in [0.1, 0.15) is 36.6 Å². The molecule has 222 valence electrons. The van der Waals surface area contributed by atoms with Crippen LogP contribution in [0.15, 0.2) is 79.1 Å². The molecule has 2 aliphatic heterocycles. The van der Waals surface area contributed by atoms with Crippen molar-refractivity contribution in [1.29, 1.82) is 0 Å². The minimum atomic E-state index is -0.384. The molecular formula is C33H34N4O6. The molecule has 6 rings (SSSR count). The minimum absolute atomic E-state index is 0.163. The number of carbonyl (C=O) groups excluding carboxylic acids is 2. The average molecular weight is 583 g/mol. The number of nitrogens with zero attached hydrogens (tertiary/aromatic N) is 2. The van der Waals surface area contributed by atoms with Gasteiger partial charge in [-0.25, -0.2) is 4.79 Å². The predicted molar refractivity (Wildman–Crippen MR) is 160 cm³/mol. The zero-order valence-corrected chi connectivity index (χ0v) is 24.0. The number of aromatic nitrogens is 2. The smallest absolute Gasteiger partial charge is 0.410 e. The number of rotatable bonds is 8. The molecule has 2 atom stereocenters. The molecule has 4 aromatic rings. The normalized spacial score (nSPS) is 17.7. The number of likely N-dealkylation sites (tertiary alicyclic amines) is 1. The predicted octanol–water partition coefficient (Wildman–Crippen LogP) is 5.46. The van der Waals surface area contributed by atoms with E-state index in [1.807, 2.05) is 66.7 Å². The highest BCUT2D eigenvalue weighted by molar-refractivity contribution is 5.95. The lowest BCUT2D eigenvalue weighted by Crippen LogP contribution is -2.44. The van der Waals surface area contributed by atoms with Crippen molar-refractivity contribution in [3.8, 4) is 28.4 Å². The van der Waals surface area contributed by atoms with Crippen LogP contribution in [0, 0.1) is 5.92 Å². The zero-order valence-electron chi connectivity index (χ0n) is 24.0. The third kappa shape index (κ3) is 6.74. The molecule has 43 heavy (non-hydrogen) atoms. The average Bonchev–Trinajstić information content (AvgIpc) is 3.60. The van der Waals surface area contributed by atoms with Crippen molar-refractivity contribution < 1.29 is 28.5 Å². The van der Waals surface area contributed by atoms with Crippen LogP contribution in [-0.4, -0.2) is 60.0 Å². The molecule has 0 radical (unpaired) electrons. The Morgan fingerprint density at radius 2 is 1.98 bits per heavy atom. The molecule has 0 bridgehead atoms. The number of piperidine rings is 1. The summed E-state index contributed by atoms with van der Waals surface area (Å²) >= 11 is 0. The highest BCUT2D eigenvalue weighted by atomic mass is 16.6. The number of aromatic amines is 1. The van der Waals surface area contributed by atoms with Crippen molar-refractivity contribution in [3.63, 3.8) is 0 Å². The van der Waals surface area contributed by atoms with Crippen LogP contribution in [0.25, 0.3) is 11.1 Å². The first-order valence-electron chi connectivity index (χ1n) is 14.4.